The van der Waals surface area contributed by atoms with Crippen LogP contribution in [0.2, 0.25) is 0 Å². The molecule has 0 aliphatic carbocycles. The van der Waals surface area contributed by atoms with Gasteiger partial charge >= 0.3 is 4.87 Å². The van der Waals surface area contributed by atoms with Gasteiger partial charge in [-0.3, -0.25) is 19.0 Å². The first-order chi connectivity index (χ1) is 13.5. The van der Waals surface area contributed by atoms with Gasteiger partial charge in [-0.05, 0) is 25.5 Å². The molecule has 0 saturated heterocycles. The van der Waals surface area contributed by atoms with Gasteiger partial charge in [-0.2, -0.15) is 0 Å². The Morgan fingerprint density at radius 1 is 1.07 bits per heavy atom. The maximum atomic E-state index is 12.2. The SMILES string of the molecule is CCCC(=O)Nc1ccc(-c2csc(NC(=O)Cn3c(C)csc3=O)n2)cc1. The molecular weight excluding hydrogens is 396 g/mol. The zero-order chi connectivity index (χ0) is 20.1. The van der Waals surface area contributed by atoms with E-state index in [4.69, 9.17) is 0 Å². The number of nitrogens with zero attached hydrogens (tertiary/aromatic N) is 2. The zero-order valence-corrected chi connectivity index (χ0v) is 17.2. The lowest BCUT2D eigenvalue weighted by Gasteiger charge is -2.05. The second kappa shape index (κ2) is 8.94. The summed E-state index contributed by atoms with van der Waals surface area (Å²) in [6, 6.07) is 7.39. The summed E-state index contributed by atoms with van der Waals surface area (Å²) in [6.07, 6.45) is 1.30. The Kier molecular flexibility index (Phi) is 6.37. The van der Waals surface area contributed by atoms with Crippen LogP contribution in [0.4, 0.5) is 10.8 Å². The number of carbonyl (C=O) groups excluding carboxylic acids is 2. The standard InChI is InChI=1S/C19H20N4O3S2/c1-3-4-16(24)20-14-7-5-13(6-8-14)15-11-27-18(21-15)22-17(25)9-23-12(2)10-28-19(23)26/h5-8,10-11H,3-4,9H2,1-2H3,(H,20,24)(H,21,22,25). The fourth-order valence-electron chi connectivity index (χ4n) is 2.54. The second-order valence-corrected chi connectivity index (χ2v) is 7.87. The topological polar surface area (TPSA) is 93.1 Å². The smallest absolute Gasteiger partial charge is 0.307 e. The van der Waals surface area contributed by atoms with Gasteiger partial charge in [0.15, 0.2) is 5.13 Å². The van der Waals surface area contributed by atoms with Gasteiger partial charge in [-0.25, -0.2) is 4.98 Å². The molecule has 0 unspecified atom stereocenters. The lowest BCUT2D eigenvalue weighted by molar-refractivity contribution is -0.117. The minimum Gasteiger partial charge on any atom is -0.326 e. The van der Waals surface area contributed by atoms with Crippen molar-refractivity contribution in [2.24, 2.45) is 0 Å². The monoisotopic (exact) mass is 416 g/mol. The highest BCUT2D eigenvalue weighted by Crippen LogP contribution is 2.26. The summed E-state index contributed by atoms with van der Waals surface area (Å²) in [5.41, 5.74) is 3.12. The van der Waals surface area contributed by atoms with E-state index >= 15 is 0 Å². The molecule has 0 spiro atoms. The van der Waals surface area contributed by atoms with Crippen LogP contribution in [0.3, 0.4) is 0 Å². The van der Waals surface area contributed by atoms with Crippen molar-refractivity contribution in [3.05, 3.63) is 50.4 Å². The molecule has 0 bridgehead atoms. The first-order valence-electron chi connectivity index (χ1n) is 8.77. The van der Waals surface area contributed by atoms with Crippen molar-refractivity contribution in [1.29, 1.82) is 0 Å². The Morgan fingerprint density at radius 3 is 2.46 bits per heavy atom. The average Bonchev–Trinajstić information content (AvgIpc) is 3.24. The predicted molar refractivity (Wildman–Crippen MR) is 113 cm³/mol. The van der Waals surface area contributed by atoms with Gasteiger partial charge in [-0.15, -0.1) is 11.3 Å². The third kappa shape index (κ3) is 4.93. The summed E-state index contributed by atoms with van der Waals surface area (Å²) in [7, 11) is 0. The lowest BCUT2D eigenvalue weighted by Crippen LogP contribution is -2.25. The quantitative estimate of drug-likeness (QED) is 0.614. The molecule has 2 amide bonds. The van der Waals surface area contributed by atoms with E-state index < -0.39 is 0 Å². The van der Waals surface area contributed by atoms with Gasteiger partial charge in [-0.1, -0.05) is 30.4 Å². The van der Waals surface area contributed by atoms with E-state index in [0.29, 0.717) is 11.6 Å². The fourth-order valence-corrected chi connectivity index (χ4v) is 4.01. The molecule has 2 N–H and O–H groups in total. The Hall–Kier alpha value is -2.78. The molecule has 0 atom stereocenters. The third-order valence-corrected chi connectivity index (χ3v) is 5.61. The molecule has 0 saturated carbocycles. The van der Waals surface area contributed by atoms with Gasteiger partial charge in [0.25, 0.3) is 0 Å². The van der Waals surface area contributed by atoms with Gasteiger partial charge < -0.3 is 10.6 Å². The number of anilines is 2. The molecule has 28 heavy (non-hydrogen) atoms. The third-order valence-electron chi connectivity index (χ3n) is 3.97. The Morgan fingerprint density at radius 2 is 1.82 bits per heavy atom. The molecule has 2 heterocycles. The lowest BCUT2D eigenvalue weighted by atomic mass is 10.1. The van der Waals surface area contributed by atoms with Gasteiger partial charge in [0.05, 0.1) is 5.69 Å². The highest BCUT2D eigenvalue weighted by atomic mass is 32.1. The van der Waals surface area contributed by atoms with E-state index in [2.05, 4.69) is 15.6 Å². The minimum absolute atomic E-state index is 0.00567. The second-order valence-electron chi connectivity index (χ2n) is 6.19. The Labute approximate surface area is 170 Å². The van der Waals surface area contributed by atoms with Crippen molar-refractivity contribution in [1.82, 2.24) is 9.55 Å². The normalized spacial score (nSPS) is 10.6. The van der Waals surface area contributed by atoms with Crippen LogP contribution in [0.1, 0.15) is 25.5 Å². The van der Waals surface area contributed by atoms with E-state index in [9.17, 15) is 14.4 Å². The van der Waals surface area contributed by atoms with E-state index in [1.54, 1.807) is 12.3 Å². The highest BCUT2D eigenvalue weighted by Gasteiger charge is 2.11. The van der Waals surface area contributed by atoms with Crippen molar-refractivity contribution in [2.45, 2.75) is 33.2 Å². The summed E-state index contributed by atoms with van der Waals surface area (Å²) in [4.78, 5) is 39.8. The molecule has 9 heteroatoms. The first kappa shape index (κ1) is 20.0. The Balaban J connectivity index is 1.63. The summed E-state index contributed by atoms with van der Waals surface area (Å²) < 4.78 is 1.43. The molecule has 0 aliphatic heterocycles. The van der Waals surface area contributed by atoms with E-state index in [1.165, 1.54) is 15.9 Å². The number of aryl methyl sites for hydroxylation is 1. The molecule has 0 radical (unpaired) electrons. The van der Waals surface area contributed by atoms with Crippen LogP contribution in [-0.4, -0.2) is 21.4 Å². The summed E-state index contributed by atoms with van der Waals surface area (Å²) in [5, 5.41) is 9.63. The van der Waals surface area contributed by atoms with Crippen LogP contribution in [0.5, 0.6) is 0 Å². The number of thiazole rings is 2. The molecule has 0 fully saturated rings. The average molecular weight is 417 g/mol. The van der Waals surface area contributed by atoms with Crippen LogP contribution in [0.25, 0.3) is 11.3 Å². The van der Waals surface area contributed by atoms with Crippen molar-refractivity contribution in [3.63, 3.8) is 0 Å². The minimum atomic E-state index is -0.293. The Bertz CT molecular complexity index is 1030. The molecule has 146 valence electrons. The van der Waals surface area contributed by atoms with Crippen LogP contribution < -0.4 is 15.5 Å². The van der Waals surface area contributed by atoms with E-state index in [0.717, 1.165) is 40.4 Å². The number of nitrogens with one attached hydrogen (secondary N) is 2. The number of amides is 2. The van der Waals surface area contributed by atoms with Crippen LogP contribution in [0.15, 0.2) is 39.8 Å². The number of carbonyl (C=O) groups is 2. The van der Waals surface area contributed by atoms with Crippen molar-refractivity contribution >= 4 is 45.3 Å². The number of aromatic nitrogens is 2. The molecule has 1 aromatic carbocycles. The number of hydrogen-bond acceptors (Lipinski definition) is 6. The molecule has 0 aliphatic rings. The summed E-state index contributed by atoms with van der Waals surface area (Å²) in [5.74, 6) is -0.299. The molecule has 2 aromatic heterocycles. The number of rotatable bonds is 7. The molecular formula is C19H20N4O3S2. The number of benzene rings is 1. The predicted octanol–water partition coefficient (Wildman–Crippen LogP) is 3.72. The maximum absolute atomic E-state index is 12.2. The number of hydrogen-bond donors (Lipinski definition) is 2. The van der Waals surface area contributed by atoms with Crippen molar-refractivity contribution < 1.29 is 9.59 Å². The molecule has 3 aromatic rings. The van der Waals surface area contributed by atoms with Crippen molar-refractivity contribution in [2.75, 3.05) is 10.6 Å². The maximum Gasteiger partial charge on any atom is 0.307 e. The van der Waals surface area contributed by atoms with E-state index in [-0.39, 0.29) is 23.2 Å². The van der Waals surface area contributed by atoms with E-state index in [1.807, 2.05) is 36.6 Å². The summed E-state index contributed by atoms with van der Waals surface area (Å²) >= 11 is 2.39. The largest absolute Gasteiger partial charge is 0.326 e. The highest BCUT2D eigenvalue weighted by molar-refractivity contribution is 7.14. The van der Waals surface area contributed by atoms with Crippen molar-refractivity contribution in [3.8, 4) is 11.3 Å². The molecule has 7 nitrogen and oxygen atoms in total. The van der Waals surface area contributed by atoms with Crippen LogP contribution in [-0.2, 0) is 16.1 Å². The van der Waals surface area contributed by atoms with Gasteiger partial charge in [0, 0.05) is 34.1 Å². The fraction of sp³-hybridized carbons (Fsp3) is 0.263. The van der Waals surface area contributed by atoms with Crippen LogP contribution >= 0.6 is 22.7 Å². The first-order valence-corrected chi connectivity index (χ1v) is 10.5. The zero-order valence-electron chi connectivity index (χ0n) is 15.5. The summed E-state index contributed by atoms with van der Waals surface area (Å²) in [6.45, 7) is 3.72. The van der Waals surface area contributed by atoms with Gasteiger partial charge in [0.2, 0.25) is 11.8 Å². The van der Waals surface area contributed by atoms with Gasteiger partial charge in [0.1, 0.15) is 6.54 Å². The molecule has 3 rings (SSSR count). The van der Waals surface area contributed by atoms with Crippen LogP contribution in [0, 0.1) is 6.92 Å².